The minimum Gasteiger partial charge on any atom is -0.381 e. The molecule has 0 saturated carbocycles. The molecule has 3 heterocycles. The van der Waals surface area contributed by atoms with Crippen molar-refractivity contribution in [2.75, 3.05) is 13.2 Å². The van der Waals surface area contributed by atoms with E-state index < -0.39 is 0 Å². The Kier molecular flexibility index (Phi) is 4.79. The third-order valence-corrected chi connectivity index (χ3v) is 4.77. The maximum atomic E-state index is 13.3. The zero-order valence-corrected chi connectivity index (χ0v) is 14.8. The highest BCUT2D eigenvalue weighted by molar-refractivity contribution is 5.32. The minimum atomic E-state index is -0.260. The lowest BCUT2D eigenvalue weighted by Gasteiger charge is -2.18. The van der Waals surface area contributed by atoms with Gasteiger partial charge in [0.2, 0.25) is 0 Å². The summed E-state index contributed by atoms with van der Waals surface area (Å²) in [5, 5.41) is 9.07. The quantitative estimate of drug-likeness (QED) is 0.705. The molecule has 1 aliphatic heterocycles. The van der Waals surface area contributed by atoms with Crippen molar-refractivity contribution < 1.29 is 9.13 Å². The number of aromatic nitrogens is 5. The normalized spacial score (nSPS) is 16.7. The van der Waals surface area contributed by atoms with Crippen LogP contribution in [0, 0.1) is 5.82 Å². The smallest absolute Gasteiger partial charge is 0.154 e. The zero-order valence-electron chi connectivity index (χ0n) is 14.8. The fraction of sp³-hybridized carbons (Fsp3) is 0.421. The Balaban J connectivity index is 1.69. The molecule has 6 nitrogen and oxygen atoms in total. The van der Waals surface area contributed by atoms with Crippen molar-refractivity contribution in [2.45, 2.75) is 38.1 Å². The van der Waals surface area contributed by atoms with Crippen molar-refractivity contribution in [1.29, 1.82) is 0 Å². The molecule has 0 N–H and O–H groups in total. The summed E-state index contributed by atoms with van der Waals surface area (Å²) < 4.78 is 22.5. The van der Waals surface area contributed by atoms with Crippen LogP contribution in [0.15, 0.2) is 42.7 Å². The predicted molar refractivity (Wildman–Crippen MR) is 94.8 cm³/mol. The second-order valence-electron chi connectivity index (χ2n) is 6.73. The second kappa shape index (κ2) is 7.37. The molecular formula is C19H22FN5O. The average molecular weight is 355 g/mol. The van der Waals surface area contributed by atoms with Crippen LogP contribution >= 0.6 is 0 Å². The highest BCUT2D eigenvalue weighted by atomic mass is 19.1. The highest BCUT2D eigenvalue weighted by Gasteiger charge is 2.25. The lowest BCUT2D eigenvalue weighted by atomic mass is 10.00. The van der Waals surface area contributed by atoms with Crippen LogP contribution in [0.2, 0.25) is 0 Å². The Labute approximate surface area is 151 Å². The topological polar surface area (TPSA) is 57.8 Å². The summed E-state index contributed by atoms with van der Waals surface area (Å²) in [7, 11) is 0. The fourth-order valence-electron chi connectivity index (χ4n) is 3.33. The van der Waals surface area contributed by atoms with E-state index in [1.807, 2.05) is 21.6 Å². The first-order chi connectivity index (χ1) is 12.7. The minimum absolute atomic E-state index is 0.112. The maximum absolute atomic E-state index is 13.3. The van der Waals surface area contributed by atoms with Crippen molar-refractivity contribution in [2.24, 2.45) is 0 Å². The molecule has 0 spiro atoms. The van der Waals surface area contributed by atoms with E-state index in [0.717, 1.165) is 43.4 Å². The first-order valence-corrected chi connectivity index (χ1v) is 8.98. The maximum Gasteiger partial charge on any atom is 0.154 e. The van der Waals surface area contributed by atoms with E-state index in [1.165, 1.54) is 12.1 Å². The van der Waals surface area contributed by atoms with Gasteiger partial charge in [-0.3, -0.25) is 4.68 Å². The Morgan fingerprint density at radius 2 is 2.00 bits per heavy atom. The Hall–Kier alpha value is -2.54. The lowest BCUT2D eigenvalue weighted by molar-refractivity contribution is 0.0836. The molecule has 0 amide bonds. The van der Waals surface area contributed by atoms with Gasteiger partial charge in [-0.1, -0.05) is 6.92 Å². The monoisotopic (exact) mass is 355 g/mol. The van der Waals surface area contributed by atoms with E-state index in [0.29, 0.717) is 12.5 Å². The molecule has 0 bridgehead atoms. The molecule has 4 rings (SSSR count). The van der Waals surface area contributed by atoms with Gasteiger partial charge in [0, 0.05) is 37.4 Å². The van der Waals surface area contributed by atoms with E-state index >= 15 is 0 Å². The van der Waals surface area contributed by atoms with Gasteiger partial charge in [-0.05, 0) is 43.2 Å². The highest BCUT2D eigenvalue weighted by Crippen LogP contribution is 2.28. The van der Waals surface area contributed by atoms with Crippen molar-refractivity contribution in [3.05, 3.63) is 60.2 Å². The molecule has 1 atom stereocenters. The van der Waals surface area contributed by atoms with Crippen LogP contribution in [-0.2, 0) is 11.3 Å². The van der Waals surface area contributed by atoms with Gasteiger partial charge in [0.25, 0.3) is 0 Å². The summed E-state index contributed by atoms with van der Waals surface area (Å²) in [4.78, 5) is 4.87. The van der Waals surface area contributed by atoms with Crippen molar-refractivity contribution in [3.8, 4) is 5.69 Å². The van der Waals surface area contributed by atoms with Crippen LogP contribution in [0.25, 0.3) is 5.69 Å². The Morgan fingerprint density at radius 1 is 1.23 bits per heavy atom. The first-order valence-electron chi connectivity index (χ1n) is 8.98. The van der Waals surface area contributed by atoms with Gasteiger partial charge in [0.05, 0.1) is 12.2 Å². The molecule has 1 aliphatic rings. The van der Waals surface area contributed by atoms with Crippen LogP contribution in [0.4, 0.5) is 4.39 Å². The van der Waals surface area contributed by atoms with Crippen LogP contribution in [0.3, 0.4) is 0 Å². The van der Waals surface area contributed by atoms with E-state index in [1.54, 1.807) is 18.3 Å². The third-order valence-electron chi connectivity index (χ3n) is 4.77. The number of ether oxygens (including phenoxy) is 1. The summed E-state index contributed by atoms with van der Waals surface area (Å²) >= 11 is 0. The average Bonchev–Trinajstić information content (AvgIpc) is 3.33. The van der Waals surface area contributed by atoms with Gasteiger partial charge in [0.15, 0.2) is 5.82 Å². The summed E-state index contributed by atoms with van der Waals surface area (Å²) in [6, 6.07) is 8.29. The van der Waals surface area contributed by atoms with Crippen molar-refractivity contribution in [1.82, 2.24) is 24.5 Å². The van der Waals surface area contributed by atoms with Gasteiger partial charge in [-0.2, -0.15) is 10.2 Å². The number of benzene rings is 1. The van der Waals surface area contributed by atoms with Gasteiger partial charge in [-0.25, -0.2) is 14.1 Å². The molecule has 1 saturated heterocycles. The number of nitrogens with zero attached hydrogens (tertiary/aromatic N) is 5. The number of hydrogen-bond donors (Lipinski definition) is 0. The van der Waals surface area contributed by atoms with Gasteiger partial charge < -0.3 is 4.74 Å². The Bertz CT molecular complexity index is 837. The summed E-state index contributed by atoms with van der Waals surface area (Å²) in [6.07, 6.45) is 5.57. The SMILES string of the molecule is C[C@@H](Cn1cccn1)c1nc(C2CCOCC2)nn1-c1ccc(F)cc1. The van der Waals surface area contributed by atoms with Crippen molar-refractivity contribution >= 4 is 0 Å². The molecule has 1 fully saturated rings. The standard InChI is InChI=1S/C19H22FN5O/c1-14(13-24-10-2-9-21-24)19-22-18(15-7-11-26-12-8-15)23-25(19)17-5-3-16(20)4-6-17/h2-6,9-10,14-15H,7-8,11-13H2,1H3/t14-/m0/s1. The van der Waals surface area contributed by atoms with E-state index in [-0.39, 0.29) is 11.7 Å². The van der Waals surface area contributed by atoms with Gasteiger partial charge in [-0.15, -0.1) is 0 Å². The third kappa shape index (κ3) is 3.53. The van der Waals surface area contributed by atoms with E-state index in [4.69, 9.17) is 14.8 Å². The summed E-state index contributed by atoms with van der Waals surface area (Å²) in [5.74, 6) is 1.88. The van der Waals surface area contributed by atoms with Crippen molar-refractivity contribution in [3.63, 3.8) is 0 Å². The molecule has 2 aromatic heterocycles. The number of halogens is 1. The number of rotatable bonds is 5. The Morgan fingerprint density at radius 3 is 2.69 bits per heavy atom. The molecule has 0 unspecified atom stereocenters. The largest absolute Gasteiger partial charge is 0.381 e. The molecule has 1 aromatic carbocycles. The summed E-state index contributed by atoms with van der Waals surface area (Å²) in [6.45, 7) is 4.31. The van der Waals surface area contributed by atoms with E-state index in [2.05, 4.69) is 12.0 Å². The lowest BCUT2D eigenvalue weighted by Crippen LogP contribution is -2.15. The van der Waals surface area contributed by atoms with Crippen LogP contribution in [0.1, 0.15) is 43.3 Å². The molecule has 0 radical (unpaired) electrons. The van der Waals surface area contributed by atoms with Crippen LogP contribution in [-0.4, -0.2) is 37.8 Å². The van der Waals surface area contributed by atoms with Crippen LogP contribution in [0.5, 0.6) is 0 Å². The zero-order chi connectivity index (χ0) is 17.9. The molecule has 7 heteroatoms. The second-order valence-corrected chi connectivity index (χ2v) is 6.73. The molecular weight excluding hydrogens is 333 g/mol. The fourth-order valence-corrected chi connectivity index (χ4v) is 3.33. The predicted octanol–water partition coefficient (Wildman–Crippen LogP) is 3.30. The van der Waals surface area contributed by atoms with Crippen LogP contribution < -0.4 is 0 Å². The first kappa shape index (κ1) is 16.9. The molecule has 3 aromatic rings. The molecule has 136 valence electrons. The summed E-state index contributed by atoms with van der Waals surface area (Å²) in [5.41, 5.74) is 0.819. The molecule has 0 aliphatic carbocycles. The van der Waals surface area contributed by atoms with Gasteiger partial charge in [0.1, 0.15) is 11.6 Å². The van der Waals surface area contributed by atoms with Gasteiger partial charge >= 0.3 is 0 Å². The molecule has 26 heavy (non-hydrogen) atoms. The van der Waals surface area contributed by atoms with E-state index in [9.17, 15) is 4.39 Å². The number of hydrogen-bond acceptors (Lipinski definition) is 4.